The molecule has 0 saturated carbocycles. The highest BCUT2D eigenvalue weighted by atomic mass is 14.0. The monoisotopic (exact) mass is 503 g/mol. The summed E-state index contributed by atoms with van der Waals surface area (Å²) in [6.07, 6.45) is 53.0. The second-order valence-electron chi connectivity index (χ2n) is 11.9. The number of terminal acetylenes is 1. The van der Waals surface area contributed by atoms with E-state index in [9.17, 15) is 0 Å². The lowest BCUT2D eigenvalue weighted by Gasteiger charge is -2.04. The van der Waals surface area contributed by atoms with E-state index >= 15 is 0 Å². The Morgan fingerprint density at radius 1 is 0.278 bits per heavy atom. The molecule has 0 nitrogen and oxygen atoms in total. The molecule has 0 heteroatoms. The summed E-state index contributed by atoms with van der Waals surface area (Å²) in [4.78, 5) is 0. The van der Waals surface area contributed by atoms with Gasteiger partial charge < -0.3 is 0 Å². The Labute approximate surface area is 231 Å². The molecule has 0 fully saturated rings. The van der Waals surface area contributed by atoms with Crippen LogP contribution in [0.4, 0.5) is 0 Å². The van der Waals surface area contributed by atoms with Gasteiger partial charge in [0.15, 0.2) is 0 Å². The van der Waals surface area contributed by atoms with Gasteiger partial charge in [-0.15, -0.1) is 12.3 Å². The van der Waals surface area contributed by atoms with E-state index < -0.39 is 0 Å². The van der Waals surface area contributed by atoms with E-state index in [0.29, 0.717) is 0 Å². The molecule has 0 aliphatic rings. The van der Waals surface area contributed by atoms with Crippen LogP contribution in [0.2, 0.25) is 0 Å². The SMILES string of the molecule is C#CCCCCCCCCCCCCCCCCCCCCCCCCCCCCCCCCCC. The van der Waals surface area contributed by atoms with Crippen LogP contribution in [0, 0.1) is 12.3 Å². The van der Waals surface area contributed by atoms with Crippen molar-refractivity contribution in [3.05, 3.63) is 0 Å². The van der Waals surface area contributed by atoms with Crippen molar-refractivity contribution in [1.29, 1.82) is 0 Å². The Kier molecular flexibility index (Phi) is 34.1. The van der Waals surface area contributed by atoms with Crippen LogP contribution in [-0.4, -0.2) is 0 Å². The molecule has 0 aromatic rings. The van der Waals surface area contributed by atoms with Crippen molar-refractivity contribution >= 4 is 0 Å². The fourth-order valence-corrected chi connectivity index (χ4v) is 5.60. The smallest absolute Gasteiger partial charge is 0.00860 e. The van der Waals surface area contributed by atoms with Gasteiger partial charge in [-0.05, 0) is 6.42 Å². The molecule has 0 radical (unpaired) electrons. The van der Waals surface area contributed by atoms with Crippen LogP contribution in [-0.2, 0) is 0 Å². The van der Waals surface area contributed by atoms with E-state index in [1.165, 1.54) is 205 Å². The molecule has 0 atom stereocenters. The molecule has 214 valence electrons. The first kappa shape index (κ1) is 35.6. The Bertz CT molecular complexity index is 403. The molecule has 0 unspecified atom stereocenters. The quantitative estimate of drug-likeness (QED) is 0.0633. The van der Waals surface area contributed by atoms with Gasteiger partial charge in [0.25, 0.3) is 0 Å². The zero-order valence-electron chi connectivity index (χ0n) is 25.4. The molecule has 0 heterocycles. The van der Waals surface area contributed by atoms with Crippen molar-refractivity contribution in [2.45, 2.75) is 219 Å². The molecular weight excluding hydrogens is 432 g/mol. The van der Waals surface area contributed by atoms with Crippen molar-refractivity contribution in [1.82, 2.24) is 0 Å². The third-order valence-electron chi connectivity index (χ3n) is 8.17. The largest absolute Gasteiger partial charge is 0.120 e. The van der Waals surface area contributed by atoms with Crippen molar-refractivity contribution in [3.63, 3.8) is 0 Å². The van der Waals surface area contributed by atoms with Crippen LogP contribution in [0.1, 0.15) is 219 Å². The van der Waals surface area contributed by atoms with Gasteiger partial charge in [-0.25, -0.2) is 0 Å². The summed E-state index contributed by atoms with van der Waals surface area (Å²) in [5.74, 6) is 2.74. The van der Waals surface area contributed by atoms with Crippen LogP contribution in [0.25, 0.3) is 0 Å². The lowest BCUT2D eigenvalue weighted by atomic mass is 10.0. The topological polar surface area (TPSA) is 0 Å². The average Bonchev–Trinajstić information content (AvgIpc) is 2.89. The maximum atomic E-state index is 5.29. The Balaban J connectivity index is 3.01. The lowest BCUT2D eigenvalue weighted by molar-refractivity contribution is 0.512. The molecule has 0 aliphatic carbocycles. The Morgan fingerprint density at radius 3 is 0.611 bits per heavy atom. The second kappa shape index (κ2) is 34.6. The fraction of sp³-hybridized carbons (Fsp3) is 0.944. The summed E-state index contributed by atoms with van der Waals surface area (Å²) < 4.78 is 0. The molecule has 0 aromatic carbocycles. The molecule has 36 heavy (non-hydrogen) atoms. The van der Waals surface area contributed by atoms with Gasteiger partial charge in [0, 0.05) is 6.42 Å². The Hall–Kier alpha value is -0.440. The van der Waals surface area contributed by atoms with Gasteiger partial charge >= 0.3 is 0 Å². The lowest BCUT2D eigenvalue weighted by Crippen LogP contribution is -1.85. The maximum absolute atomic E-state index is 5.29. The van der Waals surface area contributed by atoms with Crippen LogP contribution in [0.3, 0.4) is 0 Å². The van der Waals surface area contributed by atoms with Gasteiger partial charge in [0.05, 0.1) is 0 Å². The average molecular weight is 503 g/mol. The molecule has 0 amide bonds. The van der Waals surface area contributed by atoms with Crippen LogP contribution >= 0.6 is 0 Å². The fourth-order valence-electron chi connectivity index (χ4n) is 5.60. The molecule has 0 bridgehead atoms. The number of hydrogen-bond donors (Lipinski definition) is 0. The molecule has 0 N–H and O–H groups in total. The summed E-state index contributed by atoms with van der Waals surface area (Å²) in [6, 6.07) is 0. The van der Waals surface area contributed by atoms with Gasteiger partial charge in [-0.2, -0.15) is 0 Å². The Morgan fingerprint density at radius 2 is 0.444 bits per heavy atom. The highest BCUT2D eigenvalue weighted by molar-refractivity contribution is 4.82. The summed E-state index contributed by atoms with van der Waals surface area (Å²) in [5, 5.41) is 0. The van der Waals surface area contributed by atoms with Crippen molar-refractivity contribution in [2.75, 3.05) is 0 Å². The minimum absolute atomic E-state index is 0.972. The number of rotatable bonds is 32. The van der Waals surface area contributed by atoms with Gasteiger partial charge in [-0.1, -0.05) is 206 Å². The van der Waals surface area contributed by atoms with E-state index in [0.717, 1.165) is 6.42 Å². The van der Waals surface area contributed by atoms with E-state index in [4.69, 9.17) is 6.42 Å². The van der Waals surface area contributed by atoms with E-state index in [1.807, 2.05) is 0 Å². The predicted molar refractivity (Wildman–Crippen MR) is 167 cm³/mol. The maximum Gasteiger partial charge on any atom is 0.00860 e. The van der Waals surface area contributed by atoms with E-state index in [2.05, 4.69) is 12.8 Å². The summed E-state index contributed by atoms with van der Waals surface area (Å²) in [5.41, 5.74) is 0. The second-order valence-corrected chi connectivity index (χ2v) is 11.9. The van der Waals surface area contributed by atoms with Crippen LogP contribution in [0.5, 0.6) is 0 Å². The first-order chi connectivity index (χ1) is 17.9. The first-order valence-electron chi connectivity index (χ1n) is 17.3. The molecule has 0 spiro atoms. The molecule has 0 aliphatic heterocycles. The van der Waals surface area contributed by atoms with Crippen molar-refractivity contribution in [2.24, 2.45) is 0 Å². The first-order valence-corrected chi connectivity index (χ1v) is 17.3. The normalized spacial score (nSPS) is 11.2. The minimum atomic E-state index is 0.972. The van der Waals surface area contributed by atoms with Crippen molar-refractivity contribution < 1.29 is 0 Å². The molecular formula is C36H70. The molecule has 0 aromatic heterocycles. The summed E-state index contributed by atoms with van der Waals surface area (Å²) in [6.45, 7) is 2.31. The number of hydrogen-bond acceptors (Lipinski definition) is 0. The predicted octanol–water partition coefficient (Wildman–Crippen LogP) is 13.5. The third-order valence-corrected chi connectivity index (χ3v) is 8.17. The highest BCUT2D eigenvalue weighted by Crippen LogP contribution is 2.16. The number of unbranched alkanes of at least 4 members (excludes halogenated alkanes) is 32. The summed E-state index contributed by atoms with van der Waals surface area (Å²) in [7, 11) is 0. The zero-order chi connectivity index (χ0) is 26.0. The third kappa shape index (κ3) is 33.6. The van der Waals surface area contributed by atoms with Crippen molar-refractivity contribution in [3.8, 4) is 12.3 Å². The minimum Gasteiger partial charge on any atom is -0.120 e. The standard InChI is InChI=1S/C36H70/c1-3-5-7-9-11-13-15-17-19-21-23-25-27-29-31-33-35-36-34-32-30-28-26-24-22-20-18-16-14-12-10-8-6-4-2/h1H,4-36H2,2H3. The van der Waals surface area contributed by atoms with Crippen LogP contribution in [0.15, 0.2) is 0 Å². The van der Waals surface area contributed by atoms with E-state index in [1.54, 1.807) is 0 Å². The molecule has 0 saturated heterocycles. The van der Waals surface area contributed by atoms with Gasteiger partial charge in [-0.3, -0.25) is 0 Å². The zero-order valence-corrected chi connectivity index (χ0v) is 25.4. The summed E-state index contributed by atoms with van der Waals surface area (Å²) >= 11 is 0. The van der Waals surface area contributed by atoms with Crippen LogP contribution < -0.4 is 0 Å². The van der Waals surface area contributed by atoms with E-state index in [-0.39, 0.29) is 0 Å². The van der Waals surface area contributed by atoms with Gasteiger partial charge in [0.1, 0.15) is 0 Å². The van der Waals surface area contributed by atoms with Gasteiger partial charge in [0.2, 0.25) is 0 Å². The molecule has 0 rings (SSSR count). The highest BCUT2D eigenvalue weighted by Gasteiger charge is 1.97.